The summed E-state index contributed by atoms with van der Waals surface area (Å²) in [5.41, 5.74) is 0.231. The Balaban J connectivity index is 2.23. The Labute approximate surface area is 153 Å². The third-order valence-corrected chi connectivity index (χ3v) is 3.32. The average Bonchev–Trinajstić information content (AvgIpc) is 2.66. The summed E-state index contributed by atoms with van der Waals surface area (Å²) in [5.74, 6) is -2.05. The Morgan fingerprint density at radius 3 is 2.33 bits per heavy atom. The first kappa shape index (κ1) is 19.8. The number of hydrogen-bond acceptors (Lipinski definition) is 5. The lowest BCUT2D eigenvalue weighted by atomic mass is 10.1. The number of urea groups is 1. The summed E-state index contributed by atoms with van der Waals surface area (Å²) < 4.78 is 34.1. The number of hydrogen-bond donors (Lipinski definition) is 2. The fraction of sp³-hybridized carbons (Fsp3) is 0.167. The predicted octanol–water partition coefficient (Wildman–Crippen LogP) is 2.64. The summed E-state index contributed by atoms with van der Waals surface area (Å²) in [5, 5.41) is 4.25. The SMILES string of the molecule is CNC(=O)NC(=O)[C@H](OC(=O)c1cccc(OC(F)F)c1)c1ccccc1. The molecular formula is C18H16F2N2O5. The van der Waals surface area contributed by atoms with Gasteiger partial charge in [0.25, 0.3) is 5.91 Å². The smallest absolute Gasteiger partial charge is 0.387 e. The van der Waals surface area contributed by atoms with Gasteiger partial charge in [-0.1, -0.05) is 36.4 Å². The average molecular weight is 378 g/mol. The molecule has 0 saturated heterocycles. The van der Waals surface area contributed by atoms with E-state index in [1.807, 2.05) is 5.32 Å². The maximum absolute atomic E-state index is 12.4. The number of halogens is 2. The van der Waals surface area contributed by atoms with Gasteiger partial charge in [-0.25, -0.2) is 9.59 Å². The van der Waals surface area contributed by atoms with E-state index in [4.69, 9.17) is 4.74 Å². The Kier molecular flexibility index (Phi) is 6.81. The van der Waals surface area contributed by atoms with Crippen molar-refractivity contribution in [2.75, 3.05) is 7.05 Å². The molecule has 2 aromatic rings. The van der Waals surface area contributed by atoms with Crippen molar-refractivity contribution in [2.24, 2.45) is 0 Å². The Hall–Kier alpha value is -3.49. The second-order valence-corrected chi connectivity index (χ2v) is 5.17. The molecule has 0 aliphatic heterocycles. The van der Waals surface area contributed by atoms with Gasteiger partial charge >= 0.3 is 18.6 Å². The molecular weight excluding hydrogens is 362 g/mol. The van der Waals surface area contributed by atoms with Gasteiger partial charge in [-0.3, -0.25) is 10.1 Å². The molecule has 142 valence electrons. The molecule has 3 amide bonds. The Bertz CT molecular complexity index is 814. The molecule has 0 spiro atoms. The molecule has 0 aliphatic rings. The summed E-state index contributed by atoms with van der Waals surface area (Å²) in [6.45, 7) is -3.05. The monoisotopic (exact) mass is 378 g/mol. The van der Waals surface area contributed by atoms with E-state index in [2.05, 4.69) is 10.1 Å². The summed E-state index contributed by atoms with van der Waals surface area (Å²) in [7, 11) is 1.32. The van der Waals surface area contributed by atoms with Crippen molar-refractivity contribution in [3.05, 3.63) is 65.7 Å². The van der Waals surface area contributed by atoms with E-state index < -0.39 is 30.6 Å². The molecule has 7 nitrogen and oxygen atoms in total. The number of alkyl halides is 2. The molecule has 27 heavy (non-hydrogen) atoms. The summed E-state index contributed by atoms with van der Waals surface area (Å²) in [4.78, 5) is 36.1. The number of esters is 1. The van der Waals surface area contributed by atoms with Crippen LogP contribution >= 0.6 is 0 Å². The number of amides is 3. The lowest BCUT2D eigenvalue weighted by Crippen LogP contribution is -2.41. The van der Waals surface area contributed by atoms with Gasteiger partial charge in [0.05, 0.1) is 5.56 Å². The molecule has 2 N–H and O–H groups in total. The topological polar surface area (TPSA) is 93.7 Å². The molecule has 2 rings (SSSR count). The van der Waals surface area contributed by atoms with Gasteiger partial charge in [0.1, 0.15) is 5.75 Å². The van der Waals surface area contributed by atoms with E-state index in [1.54, 1.807) is 18.2 Å². The van der Waals surface area contributed by atoms with Crippen LogP contribution in [0.3, 0.4) is 0 Å². The van der Waals surface area contributed by atoms with E-state index in [1.165, 1.54) is 37.4 Å². The molecule has 9 heteroatoms. The maximum Gasteiger partial charge on any atom is 0.387 e. The molecule has 0 saturated carbocycles. The van der Waals surface area contributed by atoms with Gasteiger partial charge in [0, 0.05) is 12.6 Å². The van der Waals surface area contributed by atoms with E-state index in [0.29, 0.717) is 5.56 Å². The first-order valence-corrected chi connectivity index (χ1v) is 7.74. The van der Waals surface area contributed by atoms with E-state index in [9.17, 15) is 23.2 Å². The van der Waals surface area contributed by atoms with Gasteiger partial charge in [0.15, 0.2) is 0 Å². The number of ether oxygens (including phenoxy) is 2. The quantitative estimate of drug-likeness (QED) is 0.754. The minimum absolute atomic E-state index is 0.0955. The van der Waals surface area contributed by atoms with Crippen LogP contribution in [0.1, 0.15) is 22.0 Å². The van der Waals surface area contributed by atoms with Gasteiger partial charge in [-0.2, -0.15) is 8.78 Å². The highest BCUT2D eigenvalue weighted by atomic mass is 19.3. The summed E-state index contributed by atoms with van der Waals surface area (Å²) in [6.07, 6.45) is -1.42. The highest BCUT2D eigenvalue weighted by Gasteiger charge is 2.27. The highest BCUT2D eigenvalue weighted by molar-refractivity contribution is 5.99. The van der Waals surface area contributed by atoms with Gasteiger partial charge < -0.3 is 14.8 Å². The van der Waals surface area contributed by atoms with Crippen LogP contribution < -0.4 is 15.4 Å². The molecule has 0 radical (unpaired) electrons. The third-order valence-electron chi connectivity index (χ3n) is 3.32. The van der Waals surface area contributed by atoms with Crippen molar-refractivity contribution < 1.29 is 32.6 Å². The van der Waals surface area contributed by atoms with Crippen LogP contribution in [-0.2, 0) is 9.53 Å². The fourth-order valence-electron chi connectivity index (χ4n) is 2.12. The standard InChI is InChI=1S/C18H16F2N2O5/c1-21-18(25)22-15(23)14(11-6-3-2-4-7-11)27-16(24)12-8-5-9-13(10-12)26-17(19)20/h2-10,14,17H,1H3,(H2,21,22,23,25)/t14-/m1/s1. The predicted molar refractivity (Wildman–Crippen MR) is 90.3 cm³/mol. The third kappa shape index (κ3) is 5.77. The molecule has 2 aromatic carbocycles. The van der Waals surface area contributed by atoms with E-state index in [0.717, 1.165) is 6.07 Å². The summed E-state index contributed by atoms with van der Waals surface area (Å²) in [6, 6.07) is 12.2. The lowest BCUT2D eigenvalue weighted by molar-refractivity contribution is -0.129. The van der Waals surface area contributed by atoms with Crippen molar-refractivity contribution in [1.29, 1.82) is 0 Å². The zero-order chi connectivity index (χ0) is 19.8. The molecule has 0 unspecified atom stereocenters. The van der Waals surface area contributed by atoms with Crippen LogP contribution in [0, 0.1) is 0 Å². The second kappa shape index (κ2) is 9.27. The lowest BCUT2D eigenvalue weighted by Gasteiger charge is -2.17. The summed E-state index contributed by atoms with van der Waals surface area (Å²) >= 11 is 0. The zero-order valence-electron chi connectivity index (χ0n) is 14.1. The van der Waals surface area contributed by atoms with E-state index in [-0.39, 0.29) is 11.3 Å². The molecule has 1 atom stereocenters. The molecule has 0 bridgehead atoms. The van der Waals surface area contributed by atoms with Crippen molar-refractivity contribution in [3.8, 4) is 5.75 Å². The Morgan fingerprint density at radius 2 is 1.70 bits per heavy atom. The normalized spacial score (nSPS) is 11.4. The maximum atomic E-state index is 12.4. The van der Waals surface area contributed by atoms with E-state index >= 15 is 0 Å². The number of imide groups is 1. The minimum Gasteiger partial charge on any atom is -0.444 e. The zero-order valence-corrected chi connectivity index (χ0v) is 14.1. The number of benzene rings is 2. The van der Waals surface area contributed by atoms with Gasteiger partial charge in [-0.15, -0.1) is 0 Å². The van der Waals surface area contributed by atoms with Crippen molar-refractivity contribution in [3.63, 3.8) is 0 Å². The van der Waals surface area contributed by atoms with Crippen molar-refractivity contribution in [1.82, 2.24) is 10.6 Å². The van der Waals surface area contributed by atoms with Crippen LogP contribution in [0.15, 0.2) is 54.6 Å². The minimum atomic E-state index is -3.05. The molecule has 0 heterocycles. The number of rotatable bonds is 6. The van der Waals surface area contributed by atoms with Crippen LogP contribution in [0.5, 0.6) is 5.75 Å². The van der Waals surface area contributed by atoms with Crippen LogP contribution in [0.25, 0.3) is 0 Å². The number of carbonyl (C=O) groups is 3. The van der Waals surface area contributed by atoms with Crippen LogP contribution in [0.4, 0.5) is 13.6 Å². The molecule has 0 aliphatic carbocycles. The first-order valence-electron chi connectivity index (χ1n) is 7.74. The van der Waals surface area contributed by atoms with Gasteiger partial charge in [0.2, 0.25) is 6.10 Å². The van der Waals surface area contributed by atoms with Gasteiger partial charge in [-0.05, 0) is 18.2 Å². The Morgan fingerprint density at radius 1 is 1.00 bits per heavy atom. The van der Waals surface area contributed by atoms with Crippen LogP contribution in [0.2, 0.25) is 0 Å². The second-order valence-electron chi connectivity index (χ2n) is 5.17. The molecule has 0 aromatic heterocycles. The van der Waals surface area contributed by atoms with Crippen molar-refractivity contribution >= 4 is 17.9 Å². The fourth-order valence-corrected chi connectivity index (χ4v) is 2.12. The number of carbonyl (C=O) groups excluding carboxylic acids is 3. The number of nitrogens with one attached hydrogen (secondary N) is 2. The van der Waals surface area contributed by atoms with Crippen LogP contribution in [-0.4, -0.2) is 31.6 Å². The molecule has 0 fully saturated rings. The highest BCUT2D eigenvalue weighted by Crippen LogP contribution is 2.22. The first-order chi connectivity index (χ1) is 12.9. The largest absolute Gasteiger partial charge is 0.444 e. The van der Waals surface area contributed by atoms with Crippen molar-refractivity contribution in [2.45, 2.75) is 12.7 Å².